The summed E-state index contributed by atoms with van der Waals surface area (Å²) in [7, 11) is 0. The average molecular weight is 141 g/mol. The minimum atomic E-state index is -1.09. The van der Waals surface area contributed by atoms with Crippen LogP contribution in [0.4, 0.5) is 0 Å². The molecular formula is C6H7NO3. The quantitative estimate of drug-likeness (QED) is 0.480. The Balaban J connectivity index is 2.73. The second-order valence-electron chi connectivity index (χ2n) is 1.89. The van der Waals surface area contributed by atoms with E-state index in [1.165, 1.54) is 18.4 Å². The Labute approximate surface area is 57.5 Å². The van der Waals surface area contributed by atoms with Crippen molar-refractivity contribution < 1.29 is 15.0 Å². The molecule has 0 saturated heterocycles. The number of aliphatic hydroxyl groups excluding tert-OH is 1. The van der Waals surface area contributed by atoms with Gasteiger partial charge in [-0.25, -0.2) is 4.79 Å². The maximum atomic E-state index is 10.3. The number of aliphatic hydroxyl groups is 1. The predicted molar refractivity (Wildman–Crippen MR) is 34.4 cm³/mol. The molecule has 3 N–H and O–H groups in total. The minimum Gasteiger partial charge on any atom is -0.509 e. The SMILES string of the molecule is O=C(O)C1NC=CC=C1O. The molecule has 1 unspecified atom stereocenters. The number of nitrogens with one attached hydrogen (secondary N) is 1. The molecule has 54 valence electrons. The van der Waals surface area contributed by atoms with Gasteiger partial charge in [0.15, 0.2) is 6.04 Å². The summed E-state index contributed by atoms with van der Waals surface area (Å²) in [5.41, 5.74) is 0. The standard InChI is InChI=1S/C6H7NO3/c8-4-2-1-3-7-5(4)6(9)10/h1-3,5,7-8H,(H,9,10). The van der Waals surface area contributed by atoms with Gasteiger partial charge in [0.25, 0.3) is 0 Å². The molecule has 1 heterocycles. The molecule has 4 heteroatoms. The van der Waals surface area contributed by atoms with Crippen LogP contribution < -0.4 is 5.32 Å². The highest BCUT2D eigenvalue weighted by Crippen LogP contribution is 2.02. The summed E-state index contributed by atoms with van der Waals surface area (Å²) < 4.78 is 0. The molecule has 10 heavy (non-hydrogen) atoms. The minimum absolute atomic E-state index is 0.171. The molecule has 1 aliphatic heterocycles. The van der Waals surface area contributed by atoms with Gasteiger partial charge in [-0.15, -0.1) is 0 Å². The van der Waals surface area contributed by atoms with Crippen molar-refractivity contribution in [3.63, 3.8) is 0 Å². The van der Waals surface area contributed by atoms with Crippen LogP contribution in [0.3, 0.4) is 0 Å². The van der Waals surface area contributed by atoms with Crippen LogP contribution in [0.25, 0.3) is 0 Å². The smallest absolute Gasteiger partial charge is 0.334 e. The number of rotatable bonds is 1. The van der Waals surface area contributed by atoms with Crippen molar-refractivity contribution in [3.8, 4) is 0 Å². The van der Waals surface area contributed by atoms with Crippen LogP contribution in [0.5, 0.6) is 0 Å². The summed E-state index contributed by atoms with van der Waals surface area (Å²) in [6.45, 7) is 0. The van der Waals surface area contributed by atoms with E-state index in [0.717, 1.165) is 0 Å². The largest absolute Gasteiger partial charge is 0.509 e. The molecule has 1 aliphatic rings. The molecule has 0 aromatic carbocycles. The molecule has 0 aliphatic carbocycles. The summed E-state index contributed by atoms with van der Waals surface area (Å²) in [5, 5.41) is 19.8. The Kier molecular flexibility index (Phi) is 1.62. The molecule has 0 spiro atoms. The zero-order chi connectivity index (χ0) is 7.56. The highest BCUT2D eigenvalue weighted by atomic mass is 16.4. The van der Waals surface area contributed by atoms with Gasteiger partial charge in [-0.2, -0.15) is 0 Å². The summed E-state index contributed by atoms with van der Waals surface area (Å²) in [5.74, 6) is -1.26. The Morgan fingerprint density at radius 1 is 1.70 bits per heavy atom. The zero-order valence-corrected chi connectivity index (χ0v) is 5.11. The van der Waals surface area contributed by atoms with Crippen molar-refractivity contribution in [2.24, 2.45) is 0 Å². The van der Waals surface area contributed by atoms with Gasteiger partial charge in [0, 0.05) is 0 Å². The van der Waals surface area contributed by atoms with Gasteiger partial charge in [0.2, 0.25) is 0 Å². The molecule has 4 nitrogen and oxygen atoms in total. The van der Waals surface area contributed by atoms with Crippen molar-refractivity contribution in [1.82, 2.24) is 5.32 Å². The number of allylic oxidation sites excluding steroid dienone is 2. The number of dihydropyridines is 1. The van der Waals surface area contributed by atoms with E-state index in [0.29, 0.717) is 0 Å². The van der Waals surface area contributed by atoms with Crippen LogP contribution >= 0.6 is 0 Å². The van der Waals surface area contributed by atoms with Crippen LogP contribution in [-0.4, -0.2) is 22.2 Å². The van der Waals surface area contributed by atoms with E-state index in [4.69, 9.17) is 10.2 Å². The summed E-state index contributed by atoms with van der Waals surface area (Å²) in [6.07, 6.45) is 4.35. The van der Waals surface area contributed by atoms with Crippen molar-refractivity contribution in [2.75, 3.05) is 0 Å². The topological polar surface area (TPSA) is 69.6 Å². The first-order valence-corrected chi connectivity index (χ1v) is 2.76. The Hall–Kier alpha value is -1.45. The Morgan fingerprint density at radius 2 is 2.40 bits per heavy atom. The van der Waals surface area contributed by atoms with Gasteiger partial charge in [0.1, 0.15) is 5.76 Å². The normalized spacial score (nSPS) is 23.2. The molecule has 0 aromatic rings. The van der Waals surface area contributed by atoms with Gasteiger partial charge in [-0.3, -0.25) is 0 Å². The summed E-state index contributed by atoms with van der Waals surface area (Å²) in [6, 6.07) is -0.981. The first kappa shape index (κ1) is 6.67. The fraction of sp³-hybridized carbons (Fsp3) is 0.167. The van der Waals surface area contributed by atoms with Crippen molar-refractivity contribution >= 4 is 5.97 Å². The van der Waals surface area contributed by atoms with Crippen LogP contribution in [0.15, 0.2) is 24.1 Å². The van der Waals surface area contributed by atoms with E-state index in [1.807, 2.05) is 0 Å². The van der Waals surface area contributed by atoms with Crippen LogP contribution in [0.1, 0.15) is 0 Å². The third-order valence-corrected chi connectivity index (χ3v) is 1.17. The van der Waals surface area contributed by atoms with E-state index < -0.39 is 12.0 Å². The number of hydrogen-bond acceptors (Lipinski definition) is 3. The van der Waals surface area contributed by atoms with Crippen molar-refractivity contribution in [1.29, 1.82) is 0 Å². The lowest BCUT2D eigenvalue weighted by atomic mass is 10.2. The third-order valence-electron chi connectivity index (χ3n) is 1.17. The molecule has 1 rings (SSSR count). The number of carbonyl (C=O) groups is 1. The third kappa shape index (κ3) is 1.10. The molecule has 0 amide bonds. The van der Waals surface area contributed by atoms with E-state index >= 15 is 0 Å². The molecule has 0 radical (unpaired) electrons. The van der Waals surface area contributed by atoms with Gasteiger partial charge in [0.05, 0.1) is 0 Å². The fourth-order valence-corrected chi connectivity index (χ4v) is 0.678. The summed E-state index contributed by atoms with van der Waals surface area (Å²) in [4.78, 5) is 10.3. The molecule has 1 atom stereocenters. The summed E-state index contributed by atoms with van der Waals surface area (Å²) >= 11 is 0. The molecule has 0 fully saturated rings. The highest BCUT2D eigenvalue weighted by Gasteiger charge is 2.20. The Morgan fingerprint density at radius 3 is 2.80 bits per heavy atom. The fourth-order valence-electron chi connectivity index (χ4n) is 0.678. The van der Waals surface area contributed by atoms with Gasteiger partial charge >= 0.3 is 5.97 Å². The highest BCUT2D eigenvalue weighted by molar-refractivity contribution is 5.77. The predicted octanol–water partition coefficient (Wildman–Crippen LogP) is -0.00160. The lowest BCUT2D eigenvalue weighted by Crippen LogP contribution is -2.36. The van der Waals surface area contributed by atoms with E-state index in [-0.39, 0.29) is 5.76 Å². The first-order valence-electron chi connectivity index (χ1n) is 2.76. The van der Waals surface area contributed by atoms with Crippen molar-refractivity contribution in [2.45, 2.75) is 6.04 Å². The van der Waals surface area contributed by atoms with E-state index in [1.54, 1.807) is 0 Å². The second kappa shape index (κ2) is 2.43. The van der Waals surface area contributed by atoms with Crippen LogP contribution in [0.2, 0.25) is 0 Å². The molecule has 0 saturated carbocycles. The molecular weight excluding hydrogens is 134 g/mol. The maximum Gasteiger partial charge on any atom is 0.334 e. The Bertz CT molecular complexity index is 207. The zero-order valence-electron chi connectivity index (χ0n) is 5.11. The van der Waals surface area contributed by atoms with Gasteiger partial charge in [-0.1, -0.05) is 0 Å². The van der Waals surface area contributed by atoms with E-state index in [2.05, 4.69) is 5.32 Å². The molecule has 0 aromatic heterocycles. The van der Waals surface area contributed by atoms with Gasteiger partial charge in [-0.05, 0) is 18.4 Å². The monoisotopic (exact) mass is 141 g/mol. The number of carboxylic acids is 1. The van der Waals surface area contributed by atoms with Crippen LogP contribution in [-0.2, 0) is 4.79 Å². The number of hydrogen-bond donors (Lipinski definition) is 3. The number of carboxylic acid groups (broad SMARTS) is 1. The second-order valence-corrected chi connectivity index (χ2v) is 1.89. The van der Waals surface area contributed by atoms with E-state index in [9.17, 15) is 4.79 Å². The first-order chi connectivity index (χ1) is 4.72. The maximum absolute atomic E-state index is 10.3. The average Bonchev–Trinajstić information content (AvgIpc) is 1.88. The molecule has 0 bridgehead atoms. The number of aliphatic carboxylic acids is 1. The lowest BCUT2D eigenvalue weighted by molar-refractivity contribution is -0.138. The van der Waals surface area contributed by atoms with Gasteiger partial charge < -0.3 is 15.5 Å². The lowest BCUT2D eigenvalue weighted by Gasteiger charge is -2.13. The van der Waals surface area contributed by atoms with Crippen molar-refractivity contribution in [3.05, 3.63) is 24.1 Å². The van der Waals surface area contributed by atoms with Crippen LogP contribution in [0, 0.1) is 0 Å².